The second-order valence-electron chi connectivity index (χ2n) is 3.89. The van der Waals surface area contributed by atoms with Crippen LogP contribution >= 0.6 is 0 Å². The first kappa shape index (κ1) is 9.53. The fraction of sp³-hybridized carbons (Fsp3) is 0.500. The van der Waals surface area contributed by atoms with E-state index in [1.807, 2.05) is 13.0 Å². The first-order chi connectivity index (χ1) is 6.72. The summed E-state index contributed by atoms with van der Waals surface area (Å²) in [6.45, 7) is 4.05. The zero-order valence-electron chi connectivity index (χ0n) is 8.66. The predicted molar refractivity (Wildman–Crippen MR) is 55.5 cm³/mol. The molecule has 2 rings (SSSR count). The van der Waals surface area contributed by atoms with E-state index in [2.05, 4.69) is 19.1 Å². The highest BCUT2D eigenvalue weighted by Crippen LogP contribution is 2.36. The Hall–Kier alpha value is -1.02. The molecule has 2 nitrogen and oxygen atoms in total. The van der Waals surface area contributed by atoms with Crippen molar-refractivity contribution in [1.29, 1.82) is 0 Å². The van der Waals surface area contributed by atoms with Crippen LogP contribution in [-0.2, 0) is 6.42 Å². The number of aliphatic hydroxyl groups is 1. The number of benzene rings is 1. The smallest absolute Gasteiger partial charge is 0.126 e. The van der Waals surface area contributed by atoms with Crippen LogP contribution in [0.4, 0.5) is 0 Å². The number of aliphatic hydroxyl groups excluding tert-OH is 1. The summed E-state index contributed by atoms with van der Waals surface area (Å²) in [6, 6.07) is 6.10. The molecule has 0 radical (unpaired) electrons. The van der Waals surface area contributed by atoms with Crippen LogP contribution in [0.5, 0.6) is 5.75 Å². The van der Waals surface area contributed by atoms with E-state index in [9.17, 15) is 5.11 Å². The lowest BCUT2D eigenvalue weighted by atomic mass is 10.0. The molecule has 0 saturated heterocycles. The van der Waals surface area contributed by atoms with E-state index >= 15 is 0 Å². The Morgan fingerprint density at radius 1 is 1.43 bits per heavy atom. The molecule has 1 N–H and O–H groups in total. The molecule has 1 heterocycles. The van der Waals surface area contributed by atoms with Gasteiger partial charge < -0.3 is 9.84 Å². The minimum absolute atomic E-state index is 0.109. The summed E-state index contributed by atoms with van der Waals surface area (Å²) in [5.41, 5.74) is 2.23. The maximum atomic E-state index is 9.82. The van der Waals surface area contributed by atoms with E-state index in [1.54, 1.807) is 0 Å². The average molecular weight is 192 g/mol. The fourth-order valence-corrected chi connectivity index (χ4v) is 1.90. The largest absolute Gasteiger partial charge is 0.487 e. The van der Waals surface area contributed by atoms with E-state index in [1.165, 1.54) is 5.56 Å². The molecule has 14 heavy (non-hydrogen) atoms. The molecule has 0 saturated carbocycles. The van der Waals surface area contributed by atoms with E-state index in [0.717, 1.165) is 24.2 Å². The molecule has 0 amide bonds. The molecular weight excluding hydrogens is 176 g/mol. The van der Waals surface area contributed by atoms with Crippen LogP contribution in [0, 0.1) is 0 Å². The highest BCUT2D eigenvalue weighted by Gasteiger charge is 2.29. The van der Waals surface area contributed by atoms with E-state index in [-0.39, 0.29) is 6.10 Å². The Labute approximate surface area is 84.5 Å². The molecule has 0 fully saturated rings. The van der Waals surface area contributed by atoms with Crippen molar-refractivity contribution in [3.8, 4) is 5.75 Å². The van der Waals surface area contributed by atoms with Gasteiger partial charge in [-0.2, -0.15) is 0 Å². The Morgan fingerprint density at radius 3 is 2.93 bits per heavy atom. The van der Waals surface area contributed by atoms with E-state index in [4.69, 9.17) is 4.74 Å². The van der Waals surface area contributed by atoms with Gasteiger partial charge in [-0.3, -0.25) is 0 Å². The standard InChI is InChI=1S/C12H16O2/c1-3-4-9-5-6-11-10(7-9)12(13)8(2)14-11/h5-8,12-13H,3-4H2,1-2H3. The first-order valence-corrected chi connectivity index (χ1v) is 5.20. The van der Waals surface area contributed by atoms with Gasteiger partial charge in [-0.1, -0.05) is 19.4 Å². The van der Waals surface area contributed by atoms with Crippen molar-refractivity contribution in [3.63, 3.8) is 0 Å². The number of aryl methyl sites for hydroxylation is 1. The number of fused-ring (bicyclic) bond motifs is 1. The maximum Gasteiger partial charge on any atom is 0.126 e. The second-order valence-corrected chi connectivity index (χ2v) is 3.89. The van der Waals surface area contributed by atoms with Gasteiger partial charge in [0.15, 0.2) is 0 Å². The van der Waals surface area contributed by atoms with Crippen molar-refractivity contribution in [2.45, 2.75) is 38.9 Å². The van der Waals surface area contributed by atoms with Crippen molar-refractivity contribution in [2.24, 2.45) is 0 Å². The fourth-order valence-electron chi connectivity index (χ4n) is 1.90. The Balaban J connectivity index is 2.31. The Kier molecular flexibility index (Phi) is 2.46. The number of ether oxygens (including phenoxy) is 1. The van der Waals surface area contributed by atoms with Crippen molar-refractivity contribution >= 4 is 0 Å². The third-order valence-corrected chi connectivity index (χ3v) is 2.69. The first-order valence-electron chi connectivity index (χ1n) is 5.20. The van der Waals surface area contributed by atoms with E-state index in [0.29, 0.717) is 0 Å². The van der Waals surface area contributed by atoms with Crippen LogP contribution in [0.25, 0.3) is 0 Å². The van der Waals surface area contributed by atoms with Gasteiger partial charge in [-0.05, 0) is 31.0 Å². The van der Waals surface area contributed by atoms with Gasteiger partial charge in [-0.15, -0.1) is 0 Å². The third kappa shape index (κ3) is 1.50. The molecule has 1 aromatic carbocycles. The SMILES string of the molecule is CCCc1ccc2c(c1)C(O)C(C)O2. The Bertz CT molecular complexity index is 333. The molecule has 1 aliphatic rings. The highest BCUT2D eigenvalue weighted by atomic mass is 16.5. The van der Waals surface area contributed by atoms with Crippen LogP contribution in [0.1, 0.15) is 37.5 Å². The lowest BCUT2D eigenvalue weighted by molar-refractivity contribution is 0.0795. The molecule has 1 aromatic rings. The van der Waals surface area contributed by atoms with Crippen LogP contribution in [0.15, 0.2) is 18.2 Å². The number of hydrogen-bond donors (Lipinski definition) is 1. The van der Waals surface area contributed by atoms with Gasteiger partial charge in [0, 0.05) is 5.56 Å². The van der Waals surface area contributed by atoms with Gasteiger partial charge >= 0.3 is 0 Å². The summed E-state index contributed by atoms with van der Waals surface area (Å²) >= 11 is 0. The summed E-state index contributed by atoms with van der Waals surface area (Å²) in [5, 5.41) is 9.82. The van der Waals surface area contributed by atoms with Crippen molar-refractivity contribution in [2.75, 3.05) is 0 Å². The van der Waals surface area contributed by atoms with Gasteiger partial charge in [0.2, 0.25) is 0 Å². The lowest BCUT2D eigenvalue weighted by Gasteiger charge is -2.06. The van der Waals surface area contributed by atoms with Crippen molar-refractivity contribution in [1.82, 2.24) is 0 Å². The highest BCUT2D eigenvalue weighted by molar-refractivity contribution is 5.42. The zero-order chi connectivity index (χ0) is 10.1. The van der Waals surface area contributed by atoms with Crippen molar-refractivity contribution in [3.05, 3.63) is 29.3 Å². The van der Waals surface area contributed by atoms with Gasteiger partial charge in [0.05, 0.1) is 0 Å². The zero-order valence-corrected chi connectivity index (χ0v) is 8.66. The van der Waals surface area contributed by atoms with Crippen LogP contribution in [0.3, 0.4) is 0 Å². The van der Waals surface area contributed by atoms with Gasteiger partial charge in [0.25, 0.3) is 0 Å². The molecule has 2 unspecified atom stereocenters. The molecule has 0 spiro atoms. The van der Waals surface area contributed by atoms with Crippen LogP contribution in [0.2, 0.25) is 0 Å². The molecule has 2 atom stereocenters. The maximum absolute atomic E-state index is 9.82. The molecule has 0 bridgehead atoms. The summed E-state index contributed by atoms with van der Waals surface area (Å²) in [4.78, 5) is 0. The summed E-state index contributed by atoms with van der Waals surface area (Å²) < 4.78 is 5.50. The second kappa shape index (κ2) is 3.62. The van der Waals surface area contributed by atoms with Gasteiger partial charge in [-0.25, -0.2) is 0 Å². The van der Waals surface area contributed by atoms with Gasteiger partial charge in [0.1, 0.15) is 18.0 Å². The number of hydrogen-bond acceptors (Lipinski definition) is 2. The minimum Gasteiger partial charge on any atom is -0.487 e. The monoisotopic (exact) mass is 192 g/mol. The lowest BCUT2D eigenvalue weighted by Crippen LogP contribution is -2.12. The quantitative estimate of drug-likeness (QED) is 0.780. The number of rotatable bonds is 2. The summed E-state index contributed by atoms with van der Waals surface area (Å²) in [5.74, 6) is 0.838. The van der Waals surface area contributed by atoms with Crippen LogP contribution < -0.4 is 4.74 Å². The average Bonchev–Trinajstić information content (AvgIpc) is 2.45. The molecule has 2 heteroatoms. The van der Waals surface area contributed by atoms with E-state index < -0.39 is 6.10 Å². The normalized spacial score (nSPS) is 24.5. The minimum atomic E-state index is -0.457. The molecule has 0 aliphatic carbocycles. The molecule has 0 aromatic heterocycles. The molecular formula is C12H16O2. The third-order valence-electron chi connectivity index (χ3n) is 2.69. The Morgan fingerprint density at radius 2 is 2.21 bits per heavy atom. The topological polar surface area (TPSA) is 29.5 Å². The molecule has 1 aliphatic heterocycles. The predicted octanol–water partition coefficient (Wildman–Crippen LogP) is 2.45. The van der Waals surface area contributed by atoms with Crippen LogP contribution in [-0.4, -0.2) is 11.2 Å². The summed E-state index contributed by atoms with van der Waals surface area (Å²) in [7, 11) is 0. The van der Waals surface area contributed by atoms with Crippen molar-refractivity contribution < 1.29 is 9.84 Å². The summed E-state index contributed by atoms with van der Waals surface area (Å²) in [6.07, 6.45) is 1.63. The molecule has 76 valence electrons.